The number of rotatable bonds is 5. The molecule has 0 bridgehead atoms. The molecule has 3 aromatic carbocycles. The van der Waals surface area contributed by atoms with Crippen LogP contribution < -0.4 is 4.90 Å². The maximum absolute atomic E-state index is 13.6. The van der Waals surface area contributed by atoms with Gasteiger partial charge in [-0.1, -0.05) is 78.2 Å². The van der Waals surface area contributed by atoms with Crippen LogP contribution in [-0.4, -0.2) is 40.2 Å². The van der Waals surface area contributed by atoms with Crippen LogP contribution in [0.4, 0.5) is 11.4 Å². The van der Waals surface area contributed by atoms with Crippen LogP contribution in [0.2, 0.25) is 0 Å². The molecule has 3 nitrogen and oxygen atoms in total. The van der Waals surface area contributed by atoms with Crippen LogP contribution in [0.3, 0.4) is 0 Å². The van der Waals surface area contributed by atoms with Gasteiger partial charge < -0.3 is 4.90 Å². The Morgan fingerprint density at radius 2 is 1.69 bits per heavy atom. The van der Waals surface area contributed by atoms with Gasteiger partial charge in [-0.05, 0) is 67.3 Å². The van der Waals surface area contributed by atoms with Gasteiger partial charge in [-0.25, -0.2) is 0 Å². The molecule has 2 heterocycles. The summed E-state index contributed by atoms with van der Waals surface area (Å²) in [5, 5.41) is 0. The number of carbonyl (C=O) groups is 1. The van der Waals surface area contributed by atoms with Crippen molar-refractivity contribution < 1.29 is 4.79 Å². The van der Waals surface area contributed by atoms with Crippen molar-refractivity contribution in [1.29, 1.82) is 0 Å². The first-order chi connectivity index (χ1) is 17.1. The standard InChI is InChI=1S/C28H28N2OS4/c1-33-22-11-12-26-24(18-22)30(23-9-5-6-10-25(23)35-26)27(31)19-34-28(32)29-15-13-21(14-16-29)17-20-7-3-2-4-8-20/h2-12,18,21H,13-17,19H2,1H3. The monoisotopic (exact) mass is 536 g/mol. The molecule has 0 saturated carbocycles. The Labute approximate surface area is 226 Å². The Bertz CT molecular complexity index is 1210. The molecule has 180 valence electrons. The molecule has 35 heavy (non-hydrogen) atoms. The molecular weight excluding hydrogens is 509 g/mol. The van der Waals surface area contributed by atoms with E-state index in [1.807, 2.05) is 23.1 Å². The van der Waals surface area contributed by atoms with Crippen LogP contribution in [0.5, 0.6) is 0 Å². The summed E-state index contributed by atoms with van der Waals surface area (Å²) < 4.78 is 0.842. The van der Waals surface area contributed by atoms with E-state index in [9.17, 15) is 4.79 Å². The number of fused-ring (bicyclic) bond motifs is 2. The summed E-state index contributed by atoms with van der Waals surface area (Å²) >= 11 is 10.7. The first-order valence-corrected chi connectivity index (χ1v) is 15.3. The van der Waals surface area contributed by atoms with Gasteiger partial charge in [-0.2, -0.15) is 0 Å². The lowest BCUT2D eigenvalue weighted by atomic mass is 9.90. The van der Waals surface area contributed by atoms with E-state index in [0.717, 1.165) is 62.7 Å². The molecule has 2 aliphatic rings. The summed E-state index contributed by atoms with van der Waals surface area (Å²) in [6.07, 6.45) is 5.49. The zero-order chi connectivity index (χ0) is 24.2. The molecule has 1 fully saturated rings. The average Bonchev–Trinajstić information content (AvgIpc) is 2.91. The Kier molecular flexibility index (Phi) is 8.07. The maximum atomic E-state index is 13.6. The SMILES string of the molecule is CSc1ccc2c(c1)N(C(=O)CSC(=S)N1CCC(Cc3ccccc3)CC1)c1ccccc1S2. The van der Waals surface area contributed by atoms with Gasteiger partial charge in [0, 0.05) is 27.8 Å². The molecule has 3 aromatic rings. The molecule has 1 amide bonds. The van der Waals surface area contributed by atoms with Crippen molar-refractivity contribution in [1.82, 2.24) is 4.90 Å². The number of carbonyl (C=O) groups excluding carboxylic acids is 1. The van der Waals surface area contributed by atoms with Crippen molar-refractivity contribution in [3.8, 4) is 0 Å². The fraction of sp³-hybridized carbons (Fsp3) is 0.286. The first-order valence-electron chi connectivity index (χ1n) is 11.9. The zero-order valence-corrected chi connectivity index (χ0v) is 22.9. The molecular formula is C28H28N2OS4. The molecule has 1 saturated heterocycles. The molecule has 0 atom stereocenters. The first kappa shape index (κ1) is 24.8. The minimum Gasteiger partial charge on any atom is -0.357 e. The lowest BCUT2D eigenvalue weighted by molar-refractivity contribution is -0.115. The topological polar surface area (TPSA) is 23.6 Å². The van der Waals surface area contributed by atoms with E-state index < -0.39 is 0 Å². The molecule has 0 radical (unpaired) electrons. The molecule has 0 unspecified atom stereocenters. The number of likely N-dealkylation sites (tertiary alicyclic amines) is 1. The summed E-state index contributed by atoms with van der Waals surface area (Å²) in [6, 6.07) is 25.3. The summed E-state index contributed by atoms with van der Waals surface area (Å²) in [5.41, 5.74) is 3.35. The normalized spacial score (nSPS) is 15.5. The summed E-state index contributed by atoms with van der Waals surface area (Å²) in [5.74, 6) is 1.11. The maximum Gasteiger partial charge on any atom is 0.242 e. The van der Waals surface area contributed by atoms with Crippen molar-refractivity contribution in [3.63, 3.8) is 0 Å². The van der Waals surface area contributed by atoms with E-state index in [-0.39, 0.29) is 5.91 Å². The van der Waals surface area contributed by atoms with Gasteiger partial charge in [0.15, 0.2) is 0 Å². The Balaban J connectivity index is 1.22. The number of nitrogens with zero attached hydrogens (tertiary/aromatic N) is 2. The number of para-hydroxylation sites is 1. The van der Waals surface area contributed by atoms with Crippen molar-refractivity contribution in [2.75, 3.05) is 30.0 Å². The van der Waals surface area contributed by atoms with E-state index in [0.29, 0.717) is 11.7 Å². The molecule has 0 aromatic heterocycles. The fourth-order valence-electron chi connectivity index (χ4n) is 4.68. The van der Waals surface area contributed by atoms with Crippen molar-refractivity contribution in [3.05, 3.63) is 78.4 Å². The largest absolute Gasteiger partial charge is 0.357 e. The van der Waals surface area contributed by atoms with Gasteiger partial charge in [0.05, 0.1) is 17.1 Å². The molecule has 0 N–H and O–H groups in total. The van der Waals surface area contributed by atoms with E-state index in [2.05, 4.69) is 65.8 Å². The number of benzene rings is 3. The van der Waals surface area contributed by atoms with Crippen LogP contribution >= 0.6 is 47.5 Å². The average molecular weight is 537 g/mol. The third kappa shape index (κ3) is 5.74. The van der Waals surface area contributed by atoms with E-state index >= 15 is 0 Å². The van der Waals surface area contributed by atoms with Gasteiger partial charge in [-0.15, -0.1) is 11.8 Å². The molecule has 0 spiro atoms. The van der Waals surface area contributed by atoms with Crippen LogP contribution in [0.15, 0.2) is 87.5 Å². The summed E-state index contributed by atoms with van der Waals surface area (Å²) in [7, 11) is 0. The number of thioether (sulfide) groups is 2. The number of hydrogen-bond donors (Lipinski definition) is 0. The quantitative estimate of drug-likeness (QED) is 0.247. The molecule has 5 rings (SSSR count). The van der Waals surface area contributed by atoms with Crippen molar-refractivity contribution in [2.24, 2.45) is 5.92 Å². The van der Waals surface area contributed by atoms with Crippen LogP contribution in [0.25, 0.3) is 0 Å². The molecule has 0 aliphatic carbocycles. The lowest BCUT2D eigenvalue weighted by Gasteiger charge is -2.34. The smallest absolute Gasteiger partial charge is 0.242 e. The summed E-state index contributed by atoms with van der Waals surface area (Å²) in [6.45, 7) is 1.95. The number of hydrogen-bond acceptors (Lipinski definition) is 5. The predicted octanol–water partition coefficient (Wildman–Crippen LogP) is 7.51. The van der Waals surface area contributed by atoms with Gasteiger partial charge >= 0.3 is 0 Å². The predicted molar refractivity (Wildman–Crippen MR) is 155 cm³/mol. The van der Waals surface area contributed by atoms with E-state index in [1.54, 1.807) is 23.5 Å². The Morgan fingerprint density at radius 1 is 0.971 bits per heavy atom. The van der Waals surface area contributed by atoms with Gasteiger partial charge in [0.2, 0.25) is 5.91 Å². The van der Waals surface area contributed by atoms with Crippen molar-refractivity contribution in [2.45, 2.75) is 33.9 Å². The Morgan fingerprint density at radius 3 is 2.46 bits per heavy atom. The minimum atomic E-state index is 0.0727. The van der Waals surface area contributed by atoms with Crippen LogP contribution in [0, 0.1) is 5.92 Å². The van der Waals surface area contributed by atoms with Crippen molar-refractivity contribution >= 4 is 69.1 Å². The van der Waals surface area contributed by atoms with Crippen LogP contribution in [0.1, 0.15) is 18.4 Å². The fourth-order valence-corrected chi connectivity index (χ4v) is 7.25. The highest BCUT2D eigenvalue weighted by molar-refractivity contribution is 8.23. The lowest BCUT2D eigenvalue weighted by Crippen LogP contribution is -2.37. The van der Waals surface area contributed by atoms with Gasteiger partial charge in [0.25, 0.3) is 0 Å². The number of piperidine rings is 1. The highest BCUT2D eigenvalue weighted by Crippen LogP contribution is 2.49. The second kappa shape index (κ2) is 11.4. The van der Waals surface area contributed by atoms with Gasteiger partial charge in [0.1, 0.15) is 4.32 Å². The third-order valence-electron chi connectivity index (χ3n) is 6.54. The number of anilines is 2. The highest BCUT2D eigenvalue weighted by Gasteiger charge is 2.29. The zero-order valence-electron chi connectivity index (χ0n) is 19.7. The molecule has 7 heteroatoms. The number of thiocarbonyl (C=S) groups is 1. The van der Waals surface area contributed by atoms with Crippen LogP contribution in [-0.2, 0) is 11.2 Å². The van der Waals surface area contributed by atoms with Gasteiger partial charge in [-0.3, -0.25) is 9.69 Å². The number of amides is 1. The second-order valence-electron chi connectivity index (χ2n) is 8.81. The second-order valence-corrected chi connectivity index (χ2v) is 12.4. The minimum absolute atomic E-state index is 0.0727. The van der Waals surface area contributed by atoms with E-state index in [4.69, 9.17) is 12.2 Å². The summed E-state index contributed by atoms with van der Waals surface area (Å²) in [4.78, 5) is 21.1. The molecule has 2 aliphatic heterocycles. The third-order valence-corrected chi connectivity index (χ3v) is 9.91. The van der Waals surface area contributed by atoms with E-state index in [1.165, 1.54) is 17.3 Å². The Hall–Kier alpha value is -1.93. The highest BCUT2D eigenvalue weighted by atomic mass is 32.2.